The number of hydrogen-bond donors (Lipinski definition) is 3. The molecule has 1 rings (SSSR count). The highest BCUT2D eigenvalue weighted by atomic mass is 16.5. The summed E-state index contributed by atoms with van der Waals surface area (Å²) in [6, 6.07) is 3.55. The van der Waals surface area contributed by atoms with E-state index in [0.29, 0.717) is 18.2 Å². The van der Waals surface area contributed by atoms with Gasteiger partial charge in [0.1, 0.15) is 0 Å². The number of rotatable bonds is 6. The van der Waals surface area contributed by atoms with Gasteiger partial charge in [0, 0.05) is 6.20 Å². The number of anilines is 1. The van der Waals surface area contributed by atoms with Gasteiger partial charge in [-0.3, -0.25) is 0 Å². The van der Waals surface area contributed by atoms with Crippen LogP contribution in [0, 0.1) is 0 Å². The van der Waals surface area contributed by atoms with Gasteiger partial charge in [0.05, 0.1) is 25.4 Å². The van der Waals surface area contributed by atoms with Gasteiger partial charge in [0.2, 0.25) is 0 Å². The van der Waals surface area contributed by atoms with Crippen LogP contribution in [0.25, 0.3) is 0 Å². The van der Waals surface area contributed by atoms with Crippen molar-refractivity contribution in [2.75, 3.05) is 25.1 Å². The van der Waals surface area contributed by atoms with Crippen LogP contribution >= 0.6 is 0 Å². The SMILES string of the molecule is CCOc1cccnc1NC(C)(CO)CO. The molecule has 0 aromatic carbocycles. The molecule has 0 atom stereocenters. The molecule has 5 nitrogen and oxygen atoms in total. The molecule has 1 aromatic rings. The lowest BCUT2D eigenvalue weighted by Crippen LogP contribution is -2.42. The number of ether oxygens (including phenoxy) is 1. The Morgan fingerprint density at radius 2 is 2.12 bits per heavy atom. The number of pyridine rings is 1. The summed E-state index contributed by atoms with van der Waals surface area (Å²) in [6.07, 6.45) is 1.63. The zero-order valence-electron chi connectivity index (χ0n) is 9.60. The maximum Gasteiger partial charge on any atom is 0.169 e. The van der Waals surface area contributed by atoms with E-state index in [2.05, 4.69) is 10.3 Å². The summed E-state index contributed by atoms with van der Waals surface area (Å²) in [5.41, 5.74) is -0.805. The lowest BCUT2D eigenvalue weighted by Gasteiger charge is -2.27. The Kier molecular flexibility index (Phi) is 4.52. The van der Waals surface area contributed by atoms with Crippen LogP contribution in [0.5, 0.6) is 5.75 Å². The van der Waals surface area contributed by atoms with Crippen LogP contribution < -0.4 is 10.1 Å². The normalized spacial score (nSPS) is 11.2. The second-order valence-electron chi connectivity index (χ2n) is 3.79. The van der Waals surface area contributed by atoms with E-state index in [4.69, 9.17) is 4.74 Å². The third-order valence-electron chi connectivity index (χ3n) is 2.19. The van der Waals surface area contributed by atoms with E-state index in [0.717, 1.165) is 0 Å². The van der Waals surface area contributed by atoms with E-state index in [1.165, 1.54) is 0 Å². The molecule has 0 radical (unpaired) electrons. The van der Waals surface area contributed by atoms with Gasteiger partial charge >= 0.3 is 0 Å². The van der Waals surface area contributed by atoms with Crippen molar-refractivity contribution in [2.24, 2.45) is 0 Å². The largest absolute Gasteiger partial charge is 0.490 e. The van der Waals surface area contributed by atoms with Crippen molar-refractivity contribution in [1.29, 1.82) is 0 Å². The fourth-order valence-electron chi connectivity index (χ4n) is 1.17. The van der Waals surface area contributed by atoms with Crippen molar-refractivity contribution in [3.8, 4) is 5.75 Å². The minimum atomic E-state index is -0.805. The molecule has 1 heterocycles. The minimum absolute atomic E-state index is 0.189. The predicted molar refractivity (Wildman–Crippen MR) is 61.6 cm³/mol. The predicted octanol–water partition coefficient (Wildman–Crippen LogP) is 0.635. The Balaban J connectivity index is 2.87. The highest BCUT2D eigenvalue weighted by Crippen LogP contribution is 2.24. The Labute approximate surface area is 95.1 Å². The fraction of sp³-hybridized carbons (Fsp3) is 0.545. The monoisotopic (exact) mass is 226 g/mol. The van der Waals surface area contributed by atoms with Gasteiger partial charge in [-0.1, -0.05) is 0 Å². The molecule has 16 heavy (non-hydrogen) atoms. The molecule has 0 amide bonds. The number of nitrogens with zero attached hydrogens (tertiary/aromatic N) is 1. The Bertz CT molecular complexity index is 327. The Morgan fingerprint density at radius 3 is 2.69 bits per heavy atom. The number of aliphatic hydroxyl groups is 2. The van der Waals surface area contributed by atoms with E-state index in [-0.39, 0.29) is 13.2 Å². The average Bonchev–Trinajstić information content (AvgIpc) is 2.32. The molecule has 3 N–H and O–H groups in total. The summed E-state index contributed by atoms with van der Waals surface area (Å²) < 4.78 is 5.38. The molecule has 0 bridgehead atoms. The third kappa shape index (κ3) is 3.08. The Morgan fingerprint density at radius 1 is 1.44 bits per heavy atom. The topological polar surface area (TPSA) is 74.6 Å². The van der Waals surface area contributed by atoms with Crippen molar-refractivity contribution in [3.05, 3.63) is 18.3 Å². The Hall–Kier alpha value is -1.33. The zero-order valence-corrected chi connectivity index (χ0v) is 9.60. The molecular formula is C11H18N2O3. The van der Waals surface area contributed by atoms with Crippen molar-refractivity contribution in [3.63, 3.8) is 0 Å². The van der Waals surface area contributed by atoms with Crippen molar-refractivity contribution >= 4 is 5.82 Å². The van der Waals surface area contributed by atoms with Gasteiger partial charge < -0.3 is 20.3 Å². The number of aromatic nitrogens is 1. The van der Waals surface area contributed by atoms with Crippen molar-refractivity contribution < 1.29 is 14.9 Å². The van der Waals surface area contributed by atoms with E-state index < -0.39 is 5.54 Å². The zero-order chi connectivity index (χ0) is 12.0. The molecule has 1 aromatic heterocycles. The van der Waals surface area contributed by atoms with E-state index in [1.807, 2.05) is 6.92 Å². The maximum atomic E-state index is 9.18. The van der Waals surface area contributed by atoms with Gasteiger partial charge in [-0.05, 0) is 26.0 Å². The molecular weight excluding hydrogens is 208 g/mol. The van der Waals surface area contributed by atoms with Crippen LogP contribution in [0.1, 0.15) is 13.8 Å². The molecule has 5 heteroatoms. The molecule has 0 aliphatic rings. The summed E-state index contributed by atoms with van der Waals surface area (Å²) in [5.74, 6) is 1.13. The quantitative estimate of drug-likeness (QED) is 0.663. The van der Waals surface area contributed by atoms with Gasteiger partial charge in [0.15, 0.2) is 11.6 Å². The van der Waals surface area contributed by atoms with Crippen LogP contribution in [0.2, 0.25) is 0 Å². The van der Waals surface area contributed by atoms with E-state index in [1.54, 1.807) is 25.3 Å². The summed E-state index contributed by atoms with van der Waals surface area (Å²) in [4.78, 5) is 4.12. The van der Waals surface area contributed by atoms with Gasteiger partial charge in [-0.15, -0.1) is 0 Å². The summed E-state index contributed by atoms with van der Waals surface area (Å²) in [6.45, 7) is 3.75. The maximum absolute atomic E-state index is 9.18. The minimum Gasteiger partial charge on any atom is -0.490 e. The standard InChI is InChI=1S/C11H18N2O3/c1-3-16-9-5-4-6-12-10(9)13-11(2,7-14)8-15/h4-6,14-15H,3,7-8H2,1-2H3,(H,12,13). The van der Waals surface area contributed by atoms with E-state index in [9.17, 15) is 10.2 Å². The average molecular weight is 226 g/mol. The molecule has 0 saturated heterocycles. The van der Waals surface area contributed by atoms with Crippen LogP contribution in [-0.4, -0.2) is 40.6 Å². The molecule has 0 aliphatic carbocycles. The summed E-state index contributed by atoms with van der Waals surface area (Å²) >= 11 is 0. The second kappa shape index (κ2) is 5.67. The number of nitrogens with one attached hydrogen (secondary N) is 1. The van der Waals surface area contributed by atoms with E-state index >= 15 is 0 Å². The first-order chi connectivity index (χ1) is 7.65. The third-order valence-corrected chi connectivity index (χ3v) is 2.19. The van der Waals surface area contributed by atoms with Crippen LogP contribution in [-0.2, 0) is 0 Å². The molecule has 0 saturated carbocycles. The van der Waals surface area contributed by atoms with Gasteiger partial charge in [0.25, 0.3) is 0 Å². The van der Waals surface area contributed by atoms with Crippen molar-refractivity contribution in [1.82, 2.24) is 4.98 Å². The lowest BCUT2D eigenvalue weighted by molar-refractivity contribution is 0.147. The van der Waals surface area contributed by atoms with Gasteiger partial charge in [-0.2, -0.15) is 0 Å². The number of hydrogen-bond acceptors (Lipinski definition) is 5. The first-order valence-electron chi connectivity index (χ1n) is 5.23. The molecule has 0 unspecified atom stereocenters. The highest BCUT2D eigenvalue weighted by molar-refractivity contribution is 5.51. The van der Waals surface area contributed by atoms with Crippen LogP contribution in [0.3, 0.4) is 0 Å². The molecule has 0 aliphatic heterocycles. The lowest BCUT2D eigenvalue weighted by atomic mass is 10.1. The second-order valence-corrected chi connectivity index (χ2v) is 3.79. The first kappa shape index (κ1) is 12.7. The van der Waals surface area contributed by atoms with Crippen LogP contribution in [0.4, 0.5) is 5.82 Å². The molecule has 0 fully saturated rings. The van der Waals surface area contributed by atoms with Gasteiger partial charge in [-0.25, -0.2) is 4.98 Å². The van der Waals surface area contributed by atoms with Crippen molar-refractivity contribution in [2.45, 2.75) is 19.4 Å². The first-order valence-corrected chi connectivity index (χ1v) is 5.23. The summed E-state index contributed by atoms with van der Waals surface area (Å²) in [5, 5.41) is 21.3. The highest BCUT2D eigenvalue weighted by Gasteiger charge is 2.23. The van der Waals surface area contributed by atoms with Crippen LogP contribution in [0.15, 0.2) is 18.3 Å². The fourth-order valence-corrected chi connectivity index (χ4v) is 1.17. The summed E-state index contributed by atoms with van der Waals surface area (Å²) in [7, 11) is 0. The smallest absolute Gasteiger partial charge is 0.169 e. The molecule has 0 spiro atoms. The molecule has 90 valence electrons. The number of aliphatic hydroxyl groups excluding tert-OH is 2.